The largest absolute Gasteiger partial charge is 0.497 e. The molecule has 6 aromatic rings. The van der Waals surface area contributed by atoms with Crippen LogP contribution in [-0.4, -0.2) is 26.9 Å². The smallest absolute Gasteiger partial charge is 0.165 e. The van der Waals surface area contributed by atoms with Gasteiger partial charge in [0, 0.05) is 16.4 Å². The van der Waals surface area contributed by atoms with Crippen LogP contribution in [0.3, 0.4) is 0 Å². The zero-order valence-corrected chi connectivity index (χ0v) is 23.5. The number of hydrogen-bond acceptors (Lipinski definition) is 6. The Morgan fingerprint density at radius 1 is 0.825 bits per heavy atom. The summed E-state index contributed by atoms with van der Waals surface area (Å²) in [6.07, 6.45) is 0. The lowest BCUT2D eigenvalue weighted by atomic mass is 9.92. The highest BCUT2D eigenvalue weighted by molar-refractivity contribution is 7.99. The van der Waals surface area contributed by atoms with E-state index in [0.717, 1.165) is 38.1 Å². The number of aromatic nitrogens is 4. The second-order valence-corrected chi connectivity index (χ2v) is 11.6. The molecule has 2 heterocycles. The Bertz CT molecular complexity index is 1860. The Kier molecular flexibility index (Phi) is 6.64. The highest BCUT2D eigenvalue weighted by Gasteiger charge is 2.22. The van der Waals surface area contributed by atoms with Crippen molar-refractivity contribution in [3.8, 4) is 11.4 Å². The van der Waals surface area contributed by atoms with Crippen LogP contribution in [-0.2, 0) is 5.41 Å². The Balaban J connectivity index is 1.52. The maximum atomic E-state index is 14.2. The molecule has 0 spiro atoms. The number of nitrogens with one attached hydrogen (secondary N) is 1. The van der Waals surface area contributed by atoms with E-state index in [9.17, 15) is 4.39 Å². The van der Waals surface area contributed by atoms with Crippen molar-refractivity contribution in [2.75, 3.05) is 12.4 Å². The zero-order valence-electron chi connectivity index (χ0n) is 22.6. The molecule has 2 aromatic heterocycles. The fraction of sp³-hybridized carbons (Fsp3) is 0.156. The molecule has 0 aliphatic heterocycles. The summed E-state index contributed by atoms with van der Waals surface area (Å²) < 4.78 is 21.4. The van der Waals surface area contributed by atoms with Crippen molar-refractivity contribution < 1.29 is 9.13 Å². The number of ether oxygens (including phenoxy) is 1. The predicted octanol–water partition coefficient (Wildman–Crippen LogP) is 8.31. The van der Waals surface area contributed by atoms with E-state index in [2.05, 4.69) is 44.3 Å². The molecule has 0 bridgehead atoms. The van der Waals surface area contributed by atoms with Gasteiger partial charge in [-0.05, 0) is 59.3 Å². The predicted molar refractivity (Wildman–Crippen MR) is 160 cm³/mol. The first-order chi connectivity index (χ1) is 19.3. The van der Waals surface area contributed by atoms with Gasteiger partial charge in [-0.15, -0.1) is 0 Å². The van der Waals surface area contributed by atoms with Crippen molar-refractivity contribution in [2.45, 2.75) is 36.1 Å². The number of benzene rings is 4. The molecule has 0 saturated heterocycles. The molecule has 40 heavy (non-hydrogen) atoms. The van der Waals surface area contributed by atoms with Gasteiger partial charge in [0.15, 0.2) is 5.82 Å². The van der Waals surface area contributed by atoms with Crippen molar-refractivity contribution in [3.63, 3.8) is 0 Å². The highest BCUT2D eigenvalue weighted by atomic mass is 32.2. The third-order valence-corrected chi connectivity index (χ3v) is 7.50. The second kappa shape index (κ2) is 10.3. The molecule has 1 N–H and O–H groups in total. The van der Waals surface area contributed by atoms with Gasteiger partial charge in [0.1, 0.15) is 22.4 Å². The number of anilines is 2. The van der Waals surface area contributed by atoms with Crippen LogP contribution in [0.1, 0.15) is 26.5 Å². The molecule has 6 nitrogen and oxygen atoms in total. The minimum absolute atomic E-state index is 0.221. The van der Waals surface area contributed by atoms with Gasteiger partial charge >= 0.3 is 0 Å². The molecule has 0 amide bonds. The number of nitrogens with zero attached hydrogens (tertiary/aromatic N) is 4. The molecule has 6 rings (SSSR count). The number of methoxy groups -OCH3 is 1. The number of halogens is 1. The third-order valence-electron chi connectivity index (χ3n) is 6.53. The molecular weight excluding hydrogens is 521 g/mol. The summed E-state index contributed by atoms with van der Waals surface area (Å²) in [6.45, 7) is 6.29. The molecule has 0 aliphatic carbocycles. The quantitative estimate of drug-likeness (QED) is 0.211. The lowest BCUT2D eigenvalue weighted by molar-refractivity contribution is 0.413. The third kappa shape index (κ3) is 5.22. The average Bonchev–Trinajstić information content (AvgIpc) is 3.37. The van der Waals surface area contributed by atoms with Gasteiger partial charge in [-0.3, -0.25) is 0 Å². The first-order valence-corrected chi connectivity index (χ1v) is 13.7. The van der Waals surface area contributed by atoms with E-state index >= 15 is 0 Å². The summed E-state index contributed by atoms with van der Waals surface area (Å²) in [6, 6.07) is 28.5. The van der Waals surface area contributed by atoms with Gasteiger partial charge in [0.25, 0.3) is 0 Å². The monoisotopic (exact) mass is 549 g/mol. The minimum atomic E-state index is -0.331. The van der Waals surface area contributed by atoms with Gasteiger partial charge in [0.2, 0.25) is 0 Å². The van der Waals surface area contributed by atoms with E-state index in [1.165, 1.54) is 23.9 Å². The van der Waals surface area contributed by atoms with Crippen molar-refractivity contribution in [1.29, 1.82) is 0 Å². The lowest BCUT2D eigenvalue weighted by Gasteiger charge is -2.14. The van der Waals surface area contributed by atoms with Crippen LogP contribution < -0.4 is 10.1 Å². The van der Waals surface area contributed by atoms with Gasteiger partial charge in [0.05, 0.1) is 29.5 Å². The summed E-state index contributed by atoms with van der Waals surface area (Å²) in [5, 5.41) is 11.2. The van der Waals surface area contributed by atoms with Crippen LogP contribution in [0.5, 0.6) is 5.75 Å². The maximum absolute atomic E-state index is 14.2. The average molecular weight is 550 g/mol. The van der Waals surface area contributed by atoms with E-state index in [1.54, 1.807) is 17.9 Å². The van der Waals surface area contributed by atoms with Crippen LogP contribution in [0.25, 0.3) is 27.5 Å². The molecule has 8 heteroatoms. The van der Waals surface area contributed by atoms with Crippen LogP contribution in [0, 0.1) is 5.82 Å². The van der Waals surface area contributed by atoms with Crippen LogP contribution >= 0.6 is 11.8 Å². The first-order valence-electron chi connectivity index (χ1n) is 12.9. The molecule has 0 saturated carbocycles. The van der Waals surface area contributed by atoms with E-state index < -0.39 is 0 Å². The molecule has 0 unspecified atom stereocenters. The summed E-state index contributed by atoms with van der Waals surface area (Å²) in [5.41, 5.74) is 2.81. The number of fused-ring (bicyclic) bond motifs is 2. The van der Waals surface area contributed by atoms with Gasteiger partial charge < -0.3 is 10.1 Å². The van der Waals surface area contributed by atoms with Crippen LogP contribution in [0.15, 0.2) is 101 Å². The standard InChI is InChI=1S/C32H28FN5OS/c1-32(2,3)28-19-29(38(37-28)23-12-7-11-22(33)17-23)36-30-31(40-25-14-8-13-24(18-25)39-4)35-27-16-21-10-6-5-9-20(21)15-26(27)34-30/h5-19H,1-4H3,(H,34,36). The van der Waals surface area contributed by atoms with E-state index in [0.29, 0.717) is 22.3 Å². The molecule has 0 radical (unpaired) electrons. The minimum Gasteiger partial charge on any atom is -0.497 e. The Labute approximate surface area is 236 Å². The molecule has 0 atom stereocenters. The summed E-state index contributed by atoms with van der Waals surface area (Å²) in [5.74, 6) is 1.67. The van der Waals surface area contributed by atoms with Gasteiger partial charge in [-0.1, -0.05) is 68.9 Å². The molecular formula is C32H28FN5OS. The Hall–Kier alpha value is -4.43. The van der Waals surface area contributed by atoms with Crippen molar-refractivity contribution in [1.82, 2.24) is 19.7 Å². The maximum Gasteiger partial charge on any atom is 0.165 e. The number of rotatable bonds is 6. The summed E-state index contributed by atoms with van der Waals surface area (Å²) >= 11 is 1.49. The topological polar surface area (TPSA) is 64.9 Å². The highest BCUT2D eigenvalue weighted by Crippen LogP contribution is 2.37. The fourth-order valence-corrected chi connectivity index (χ4v) is 5.30. The summed E-state index contributed by atoms with van der Waals surface area (Å²) in [4.78, 5) is 11.1. The van der Waals surface area contributed by atoms with Gasteiger partial charge in [-0.2, -0.15) is 5.10 Å². The van der Waals surface area contributed by atoms with Gasteiger partial charge in [-0.25, -0.2) is 19.0 Å². The second-order valence-electron chi connectivity index (χ2n) is 10.5. The van der Waals surface area contributed by atoms with E-state index in [1.807, 2.05) is 54.6 Å². The van der Waals surface area contributed by atoms with Crippen molar-refractivity contribution in [3.05, 3.63) is 103 Å². The van der Waals surface area contributed by atoms with E-state index in [4.69, 9.17) is 19.8 Å². The molecule has 0 aliphatic rings. The SMILES string of the molecule is COc1cccc(Sc2nc3cc4ccccc4cc3nc2Nc2cc(C(C)(C)C)nn2-c2cccc(F)c2)c1. The first kappa shape index (κ1) is 25.8. The number of hydrogen-bond donors (Lipinski definition) is 1. The van der Waals surface area contributed by atoms with Crippen LogP contribution in [0.2, 0.25) is 0 Å². The molecule has 4 aromatic carbocycles. The summed E-state index contributed by atoms with van der Waals surface area (Å²) in [7, 11) is 1.65. The Morgan fingerprint density at radius 3 is 2.25 bits per heavy atom. The lowest BCUT2D eigenvalue weighted by Crippen LogP contribution is -2.12. The molecule has 200 valence electrons. The fourth-order valence-electron chi connectivity index (χ4n) is 4.42. The molecule has 0 fully saturated rings. The van der Waals surface area contributed by atoms with Crippen LogP contribution in [0.4, 0.5) is 16.0 Å². The zero-order chi connectivity index (χ0) is 27.9. The normalized spacial score (nSPS) is 11.7. The van der Waals surface area contributed by atoms with E-state index in [-0.39, 0.29) is 11.2 Å². The van der Waals surface area contributed by atoms with Crippen molar-refractivity contribution in [2.24, 2.45) is 0 Å². The van der Waals surface area contributed by atoms with Crippen molar-refractivity contribution >= 4 is 45.2 Å². The Morgan fingerprint density at radius 2 is 1.55 bits per heavy atom.